The standard InChI is InChI=1S/C8H13N3O2S/c1-11-5-6(4-10-11)14-7(2-3-9)8(12)13/h4-5,7H,2-3,9H2,1H3,(H,12,13). The van der Waals surface area contributed by atoms with Crippen molar-refractivity contribution in [3.05, 3.63) is 12.4 Å². The Morgan fingerprint density at radius 3 is 3.00 bits per heavy atom. The average molecular weight is 215 g/mol. The molecule has 1 atom stereocenters. The molecule has 0 aliphatic carbocycles. The molecule has 1 unspecified atom stereocenters. The Kier molecular flexibility index (Phi) is 3.97. The highest BCUT2D eigenvalue weighted by molar-refractivity contribution is 8.00. The molecule has 78 valence electrons. The van der Waals surface area contributed by atoms with Gasteiger partial charge in [-0.3, -0.25) is 9.48 Å². The van der Waals surface area contributed by atoms with E-state index in [9.17, 15) is 4.79 Å². The first kappa shape index (κ1) is 11.1. The van der Waals surface area contributed by atoms with Crippen molar-refractivity contribution in [2.45, 2.75) is 16.6 Å². The third-order valence-electron chi connectivity index (χ3n) is 1.66. The number of carboxylic acids is 1. The molecule has 0 fully saturated rings. The number of hydrogen-bond donors (Lipinski definition) is 2. The van der Waals surface area contributed by atoms with E-state index in [-0.39, 0.29) is 0 Å². The summed E-state index contributed by atoms with van der Waals surface area (Å²) in [4.78, 5) is 11.7. The fourth-order valence-electron chi connectivity index (χ4n) is 1.01. The second-order valence-corrected chi connectivity index (χ2v) is 4.15. The molecule has 0 saturated heterocycles. The Bertz CT molecular complexity index is 313. The maximum absolute atomic E-state index is 10.8. The average Bonchev–Trinajstić information content (AvgIpc) is 2.50. The number of carboxylic acid groups (broad SMARTS) is 1. The lowest BCUT2D eigenvalue weighted by molar-refractivity contribution is -0.136. The molecule has 0 aliphatic rings. The zero-order chi connectivity index (χ0) is 10.6. The molecule has 0 spiro atoms. The lowest BCUT2D eigenvalue weighted by atomic mass is 10.3. The van der Waals surface area contributed by atoms with Crippen LogP contribution in [0.2, 0.25) is 0 Å². The fourth-order valence-corrected chi connectivity index (χ4v) is 2.01. The Labute approximate surface area is 86.3 Å². The summed E-state index contributed by atoms with van der Waals surface area (Å²) in [6, 6.07) is 0. The summed E-state index contributed by atoms with van der Waals surface area (Å²) in [5, 5.41) is 12.3. The van der Waals surface area contributed by atoms with Crippen molar-refractivity contribution in [2.75, 3.05) is 6.54 Å². The third kappa shape index (κ3) is 3.04. The minimum absolute atomic E-state index is 0.379. The van der Waals surface area contributed by atoms with Crippen LogP contribution in [0.4, 0.5) is 0 Å². The van der Waals surface area contributed by atoms with Crippen LogP contribution in [0.15, 0.2) is 17.3 Å². The molecular formula is C8H13N3O2S. The number of hydrogen-bond acceptors (Lipinski definition) is 4. The van der Waals surface area contributed by atoms with E-state index in [1.807, 2.05) is 0 Å². The SMILES string of the molecule is Cn1cc(SC(CCN)C(=O)O)cn1. The first-order valence-corrected chi connectivity index (χ1v) is 5.09. The summed E-state index contributed by atoms with van der Waals surface area (Å²) in [5.41, 5.74) is 5.33. The van der Waals surface area contributed by atoms with Gasteiger partial charge in [0.2, 0.25) is 0 Å². The fraction of sp³-hybridized carbons (Fsp3) is 0.500. The van der Waals surface area contributed by atoms with E-state index < -0.39 is 11.2 Å². The largest absolute Gasteiger partial charge is 0.480 e. The van der Waals surface area contributed by atoms with E-state index in [1.165, 1.54) is 11.8 Å². The molecule has 0 saturated carbocycles. The third-order valence-corrected chi connectivity index (χ3v) is 2.87. The molecule has 14 heavy (non-hydrogen) atoms. The molecule has 1 heterocycles. The summed E-state index contributed by atoms with van der Waals surface area (Å²) in [7, 11) is 1.79. The summed E-state index contributed by atoms with van der Waals surface area (Å²) in [6.07, 6.45) is 3.91. The minimum atomic E-state index is -0.829. The van der Waals surface area contributed by atoms with E-state index in [0.717, 1.165) is 4.90 Å². The molecule has 0 radical (unpaired) electrons. The number of nitrogens with two attached hydrogens (primary N) is 1. The van der Waals surface area contributed by atoms with E-state index in [4.69, 9.17) is 10.8 Å². The Morgan fingerprint density at radius 1 is 1.86 bits per heavy atom. The van der Waals surface area contributed by atoms with Crippen LogP contribution in [0, 0.1) is 0 Å². The second-order valence-electron chi connectivity index (χ2n) is 2.87. The van der Waals surface area contributed by atoms with Crippen molar-refractivity contribution < 1.29 is 9.90 Å². The number of aliphatic carboxylic acids is 1. The van der Waals surface area contributed by atoms with Crippen LogP contribution in [0.5, 0.6) is 0 Å². The van der Waals surface area contributed by atoms with Gasteiger partial charge in [0.1, 0.15) is 5.25 Å². The smallest absolute Gasteiger partial charge is 0.317 e. The molecule has 1 aromatic rings. The van der Waals surface area contributed by atoms with Crippen molar-refractivity contribution in [1.82, 2.24) is 9.78 Å². The highest BCUT2D eigenvalue weighted by Gasteiger charge is 2.18. The molecule has 3 N–H and O–H groups in total. The van der Waals surface area contributed by atoms with Crippen molar-refractivity contribution in [3.8, 4) is 0 Å². The van der Waals surface area contributed by atoms with E-state index in [2.05, 4.69) is 5.10 Å². The number of nitrogens with zero attached hydrogens (tertiary/aromatic N) is 2. The minimum Gasteiger partial charge on any atom is -0.480 e. The van der Waals surface area contributed by atoms with Gasteiger partial charge in [0, 0.05) is 18.1 Å². The Hall–Kier alpha value is -1.01. The van der Waals surface area contributed by atoms with Gasteiger partial charge in [0.15, 0.2) is 0 Å². The molecule has 0 amide bonds. The number of aromatic nitrogens is 2. The maximum Gasteiger partial charge on any atom is 0.317 e. The van der Waals surface area contributed by atoms with Crippen molar-refractivity contribution >= 4 is 17.7 Å². The van der Waals surface area contributed by atoms with Gasteiger partial charge >= 0.3 is 5.97 Å². The van der Waals surface area contributed by atoms with Crippen LogP contribution in [-0.4, -0.2) is 32.7 Å². The van der Waals surface area contributed by atoms with Crippen LogP contribution in [0.3, 0.4) is 0 Å². The molecule has 0 bridgehead atoms. The molecule has 1 aromatic heterocycles. The van der Waals surface area contributed by atoms with Gasteiger partial charge in [-0.2, -0.15) is 5.10 Å². The van der Waals surface area contributed by atoms with Crippen LogP contribution in [0.1, 0.15) is 6.42 Å². The van der Waals surface area contributed by atoms with Gasteiger partial charge in [0.25, 0.3) is 0 Å². The molecule has 1 rings (SSSR count). The van der Waals surface area contributed by atoms with Crippen LogP contribution >= 0.6 is 11.8 Å². The number of aryl methyl sites for hydroxylation is 1. The van der Waals surface area contributed by atoms with Crippen LogP contribution in [-0.2, 0) is 11.8 Å². The van der Waals surface area contributed by atoms with Gasteiger partial charge in [-0.15, -0.1) is 11.8 Å². The Balaban J connectivity index is 2.59. The lowest BCUT2D eigenvalue weighted by Gasteiger charge is -2.08. The number of carbonyl (C=O) groups is 1. The summed E-state index contributed by atoms with van der Waals surface area (Å²) in [5.74, 6) is -0.829. The molecule has 0 aromatic carbocycles. The normalized spacial score (nSPS) is 12.7. The van der Waals surface area contributed by atoms with Crippen molar-refractivity contribution in [3.63, 3.8) is 0 Å². The van der Waals surface area contributed by atoms with E-state index >= 15 is 0 Å². The topological polar surface area (TPSA) is 81.1 Å². The Morgan fingerprint density at radius 2 is 2.57 bits per heavy atom. The summed E-state index contributed by atoms with van der Waals surface area (Å²) < 4.78 is 1.64. The monoisotopic (exact) mass is 215 g/mol. The van der Waals surface area contributed by atoms with Crippen LogP contribution in [0.25, 0.3) is 0 Å². The molecule has 6 heteroatoms. The molecule has 5 nitrogen and oxygen atoms in total. The number of thioether (sulfide) groups is 1. The quantitative estimate of drug-likeness (QED) is 0.691. The highest BCUT2D eigenvalue weighted by atomic mass is 32.2. The van der Waals surface area contributed by atoms with Crippen molar-refractivity contribution in [2.24, 2.45) is 12.8 Å². The van der Waals surface area contributed by atoms with Crippen LogP contribution < -0.4 is 5.73 Å². The first-order valence-electron chi connectivity index (χ1n) is 4.21. The number of rotatable bonds is 5. The highest BCUT2D eigenvalue weighted by Crippen LogP contribution is 2.24. The zero-order valence-electron chi connectivity index (χ0n) is 7.88. The maximum atomic E-state index is 10.8. The lowest BCUT2D eigenvalue weighted by Crippen LogP contribution is -2.20. The predicted molar refractivity (Wildman–Crippen MR) is 54.2 cm³/mol. The first-order chi connectivity index (χ1) is 6.63. The van der Waals surface area contributed by atoms with Gasteiger partial charge < -0.3 is 10.8 Å². The predicted octanol–water partition coefficient (Wildman–Crippen LogP) is 0.314. The molecule has 0 aliphatic heterocycles. The van der Waals surface area contributed by atoms with E-state index in [0.29, 0.717) is 13.0 Å². The zero-order valence-corrected chi connectivity index (χ0v) is 8.70. The second kappa shape index (κ2) is 5.02. The van der Waals surface area contributed by atoms with Gasteiger partial charge in [-0.1, -0.05) is 0 Å². The van der Waals surface area contributed by atoms with Gasteiger partial charge in [0.05, 0.1) is 6.20 Å². The van der Waals surface area contributed by atoms with Gasteiger partial charge in [-0.05, 0) is 13.0 Å². The summed E-state index contributed by atoms with van der Waals surface area (Å²) >= 11 is 1.28. The van der Waals surface area contributed by atoms with Crippen molar-refractivity contribution in [1.29, 1.82) is 0 Å². The summed E-state index contributed by atoms with van der Waals surface area (Å²) in [6.45, 7) is 0.379. The van der Waals surface area contributed by atoms with Gasteiger partial charge in [-0.25, -0.2) is 0 Å². The van der Waals surface area contributed by atoms with E-state index in [1.54, 1.807) is 24.1 Å². The molecular weight excluding hydrogens is 202 g/mol.